The summed E-state index contributed by atoms with van der Waals surface area (Å²) in [7, 11) is 1.21. The maximum Gasteiger partial charge on any atom is 0.343 e. The van der Waals surface area contributed by atoms with E-state index in [9.17, 15) is 14.4 Å². The van der Waals surface area contributed by atoms with E-state index in [1.807, 2.05) is 0 Å². The lowest BCUT2D eigenvalue weighted by Crippen LogP contribution is -2.15. The van der Waals surface area contributed by atoms with Gasteiger partial charge in [0.15, 0.2) is 5.78 Å². The van der Waals surface area contributed by atoms with E-state index in [1.54, 1.807) is 6.92 Å². The standard InChI is InChI=1S/C15H15Cl2NO5/c1-4-23-15(21)11(8(2)19)7-18-12-6-9(16)5-10(13(12)17)14(20)22-3/h5-7,18H,4H2,1-3H3. The zero-order valence-corrected chi connectivity index (χ0v) is 14.2. The van der Waals surface area contributed by atoms with Gasteiger partial charge in [0.2, 0.25) is 0 Å². The van der Waals surface area contributed by atoms with Gasteiger partial charge < -0.3 is 14.8 Å². The van der Waals surface area contributed by atoms with Crippen molar-refractivity contribution in [3.63, 3.8) is 0 Å². The number of methoxy groups -OCH3 is 1. The molecule has 6 nitrogen and oxygen atoms in total. The fraction of sp³-hybridized carbons (Fsp3) is 0.267. The second-order valence-corrected chi connectivity index (χ2v) is 5.10. The van der Waals surface area contributed by atoms with Crippen LogP contribution in [0, 0.1) is 0 Å². The van der Waals surface area contributed by atoms with Crippen molar-refractivity contribution in [1.29, 1.82) is 0 Å². The van der Waals surface area contributed by atoms with Crippen LogP contribution >= 0.6 is 23.2 Å². The predicted molar refractivity (Wildman–Crippen MR) is 86.8 cm³/mol. The van der Waals surface area contributed by atoms with Crippen molar-refractivity contribution in [3.8, 4) is 0 Å². The first-order chi connectivity index (χ1) is 10.8. The zero-order chi connectivity index (χ0) is 17.6. The summed E-state index contributed by atoms with van der Waals surface area (Å²) in [6.45, 7) is 2.98. The molecule has 0 heterocycles. The third-order valence-corrected chi connectivity index (χ3v) is 3.31. The van der Waals surface area contributed by atoms with Gasteiger partial charge in [-0.3, -0.25) is 4.79 Å². The van der Waals surface area contributed by atoms with Crippen LogP contribution in [0.15, 0.2) is 23.9 Å². The summed E-state index contributed by atoms with van der Waals surface area (Å²) in [5, 5.41) is 2.96. The summed E-state index contributed by atoms with van der Waals surface area (Å²) in [6, 6.07) is 2.79. The molecule has 1 aromatic rings. The van der Waals surface area contributed by atoms with Crippen molar-refractivity contribution in [2.24, 2.45) is 0 Å². The number of Topliss-reactive ketones (excluding diaryl/α,β-unsaturated/α-hetero) is 1. The average Bonchev–Trinajstić information content (AvgIpc) is 2.49. The second kappa shape index (κ2) is 8.55. The fourth-order valence-electron chi connectivity index (χ4n) is 1.62. The first kappa shape index (κ1) is 19.0. The third kappa shape index (κ3) is 4.97. The monoisotopic (exact) mass is 359 g/mol. The lowest BCUT2D eigenvalue weighted by atomic mass is 10.2. The van der Waals surface area contributed by atoms with Crippen molar-refractivity contribution in [2.45, 2.75) is 13.8 Å². The number of halogens is 2. The first-order valence-corrected chi connectivity index (χ1v) is 7.29. The Morgan fingerprint density at radius 1 is 1.26 bits per heavy atom. The van der Waals surface area contributed by atoms with E-state index in [0.29, 0.717) is 0 Å². The molecule has 0 aliphatic heterocycles. The van der Waals surface area contributed by atoms with Crippen LogP contribution in [0.25, 0.3) is 0 Å². The van der Waals surface area contributed by atoms with Gasteiger partial charge in [-0.2, -0.15) is 0 Å². The molecule has 0 bridgehead atoms. The van der Waals surface area contributed by atoms with Crippen LogP contribution in [0.1, 0.15) is 24.2 Å². The summed E-state index contributed by atoms with van der Waals surface area (Å²) in [5.74, 6) is -1.91. The summed E-state index contributed by atoms with van der Waals surface area (Å²) >= 11 is 12.0. The van der Waals surface area contributed by atoms with Crippen LogP contribution in [-0.4, -0.2) is 31.4 Å². The van der Waals surface area contributed by atoms with Gasteiger partial charge in [0.1, 0.15) is 5.57 Å². The van der Waals surface area contributed by atoms with Crippen LogP contribution in [0.5, 0.6) is 0 Å². The minimum absolute atomic E-state index is 0.0456. The van der Waals surface area contributed by atoms with Crippen molar-refractivity contribution >= 4 is 46.6 Å². The molecule has 1 N–H and O–H groups in total. The Hall–Kier alpha value is -2.05. The molecule has 23 heavy (non-hydrogen) atoms. The van der Waals surface area contributed by atoms with E-state index >= 15 is 0 Å². The van der Waals surface area contributed by atoms with Gasteiger partial charge in [-0.25, -0.2) is 9.59 Å². The van der Waals surface area contributed by atoms with Gasteiger partial charge >= 0.3 is 11.9 Å². The van der Waals surface area contributed by atoms with E-state index in [4.69, 9.17) is 27.9 Å². The minimum Gasteiger partial charge on any atom is -0.465 e. The molecule has 0 unspecified atom stereocenters. The lowest BCUT2D eigenvalue weighted by molar-refractivity contribution is -0.139. The summed E-state index contributed by atoms with van der Waals surface area (Å²) in [4.78, 5) is 34.8. The largest absolute Gasteiger partial charge is 0.465 e. The quantitative estimate of drug-likeness (QED) is 0.363. The number of hydrogen-bond donors (Lipinski definition) is 1. The molecule has 124 valence electrons. The van der Waals surface area contributed by atoms with Gasteiger partial charge in [-0.05, 0) is 26.0 Å². The molecular formula is C15H15Cl2NO5. The maximum atomic E-state index is 11.7. The molecule has 0 saturated heterocycles. The Morgan fingerprint density at radius 3 is 2.43 bits per heavy atom. The third-order valence-electron chi connectivity index (χ3n) is 2.69. The number of rotatable bonds is 6. The number of nitrogens with one attached hydrogen (secondary N) is 1. The van der Waals surface area contributed by atoms with E-state index in [0.717, 1.165) is 6.20 Å². The molecule has 8 heteroatoms. The highest BCUT2D eigenvalue weighted by atomic mass is 35.5. The van der Waals surface area contributed by atoms with Gasteiger partial charge in [-0.15, -0.1) is 0 Å². The first-order valence-electron chi connectivity index (χ1n) is 6.53. The summed E-state index contributed by atoms with van der Waals surface area (Å²) < 4.78 is 9.39. The molecule has 0 aromatic heterocycles. The Morgan fingerprint density at radius 2 is 1.91 bits per heavy atom. The minimum atomic E-state index is -0.765. The van der Waals surface area contributed by atoms with E-state index in [2.05, 4.69) is 10.1 Å². The number of esters is 2. The molecule has 0 aliphatic carbocycles. The Balaban J connectivity index is 3.19. The van der Waals surface area contributed by atoms with Crippen molar-refractivity contribution in [1.82, 2.24) is 0 Å². The summed E-state index contributed by atoms with van der Waals surface area (Å²) in [6.07, 6.45) is 1.15. The van der Waals surface area contributed by atoms with E-state index in [1.165, 1.54) is 26.2 Å². The van der Waals surface area contributed by atoms with Crippen molar-refractivity contribution in [3.05, 3.63) is 39.5 Å². The number of carbonyl (C=O) groups is 3. The van der Waals surface area contributed by atoms with Crippen LogP contribution < -0.4 is 5.32 Å². The summed E-state index contributed by atoms with van der Waals surface area (Å²) in [5.41, 5.74) is 0.100. The van der Waals surface area contributed by atoms with E-state index in [-0.39, 0.29) is 33.5 Å². The van der Waals surface area contributed by atoms with Crippen LogP contribution in [0.4, 0.5) is 5.69 Å². The number of benzene rings is 1. The SMILES string of the molecule is CCOC(=O)C(=CNc1cc(Cl)cc(C(=O)OC)c1Cl)C(C)=O. The molecule has 0 spiro atoms. The molecule has 0 saturated carbocycles. The highest BCUT2D eigenvalue weighted by Crippen LogP contribution is 2.31. The van der Waals surface area contributed by atoms with Gasteiger partial charge in [0.25, 0.3) is 0 Å². The predicted octanol–water partition coefficient (Wildman–Crippen LogP) is 3.23. The Bertz CT molecular complexity index is 670. The molecule has 1 rings (SSSR count). The molecule has 0 atom stereocenters. The van der Waals surface area contributed by atoms with Crippen LogP contribution in [-0.2, 0) is 19.1 Å². The van der Waals surface area contributed by atoms with Crippen LogP contribution in [0.3, 0.4) is 0 Å². The van der Waals surface area contributed by atoms with Gasteiger partial charge in [-0.1, -0.05) is 23.2 Å². The number of carbonyl (C=O) groups excluding carboxylic acids is 3. The number of anilines is 1. The van der Waals surface area contributed by atoms with E-state index < -0.39 is 17.7 Å². The molecule has 1 aromatic carbocycles. The van der Waals surface area contributed by atoms with Crippen LogP contribution in [0.2, 0.25) is 10.0 Å². The topological polar surface area (TPSA) is 81.7 Å². The van der Waals surface area contributed by atoms with Gasteiger partial charge in [0, 0.05) is 11.2 Å². The molecule has 0 fully saturated rings. The second-order valence-electron chi connectivity index (χ2n) is 4.29. The maximum absolute atomic E-state index is 11.7. The number of hydrogen-bond acceptors (Lipinski definition) is 6. The lowest BCUT2D eigenvalue weighted by Gasteiger charge is -2.10. The highest BCUT2D eigenvalue weighted by Gasteiger charge is 2.18. The normalized spacial score (nSPS) is 10.9. The molecule has 0 amide bonds. The highest BCUT2D eigenvalue weighted by molar-refractivity contribution is 6.38. The smallest absolute Gasteiger partial charge is 0.343 e. The Labute approximate surface area is 143 Å². The van der Waals surface area contributed by atoms with Crippen molar-refractivity contribution in [2.75, 3.05) is 19.0 Å². The Kier molecular flexibility index (Phi) is 7.06. The molecule has 0 aliphatic rings. The average molecular weight is 360 g/mol. The van der Waals surface area contributed by atoms with Gasteiger partial charge in [0.05, 0.1) is 30.0 Å². The molecular weight excluding hydrogens is 345 g/mol. The number of ketones is 1. The number of ether oxygens (including phenoxy) is 2. The zero-order valence-electron chi connectivity index (χ0n) is 12.7. The van der Waals surface area contributed by atoms with Crippen molar-refractivity contribution < 1.29 is 23.9 Å². The fourth-order valence-corrected chi connectivity index (χ4v) is 2.07. The molecule has 0 radical (unpaired) electrons.